The Morgan fingerprint density at radius 1 is 1.50 bits per heavy atom. The molecule has 2 heteroatoms. The van der Waals surface area contributed by atoms with Crippen LogP contribution in [0.25, 0.3) is 0 Å². The molecule has 0 aliphatic heterocycles. The summed E-state index contributed by atoms with van der Waals surface area (Å²) in [6, 6.07) is 0.560. The maximum Gasteiger partial charge on any atom is 0.102 e. The summed E-state index contributed by atoms with van der Waals surface area (Å²) < 4.78 is 11.9. The molecule has 0 aromatic rings. The average molecular weight is 173 g/mol. The zero-order chi connectivity index (χ0) is 9.03. The fourth-order valence-corrected chi connectivity index (χ4v) is 2.13. The Kier molecular flexibility index (Phi) is 3.51. The predicted octanol–water partition coefficient (Wildman–Crippen LogP) is 2.51. The van der Waals surface area contributed by atoms with Crippen molar-refractivity contribution in [3.63, 3.8) is 0 Å². The monoisotopic (exact) mass is 173 g/mol. The van der Waals surface area contributed by atoms with Gasteiger partial charge in [0.05, 0.1) is 0 Å². The van der Waals surface area contributed by atoms with E-state index >= 15 is 0 Å². The highest BCUT2D eigenvalue weighted by molar-refractivity contribution is 4.83. The molecule has 0 bridgehead atoms. The topological polar surface area (TPSA) is 12.0 Å². The number of rotatable bonds is 3. The van der Waals surface area contributed by atoms with Crippen LogP contribution in [0.5, 0.6) is 0 Å². The highest BCUT2D eigenvalue weighted by atomic mass is 19.1. The first kappa shape index (κ1) is 9.97. The minimum Gasteiger partial charge on any atom is -0.311 e. The lowest BCUT2D eigenvalue weighted by Crippen LogP contribution is -2.38. The van der Waals surface area contributed by atoms with Crippen molar-refractivity contribution in [3.8, 4) is 0 Å². The lowest BCUT2D eigenvalue weighted by molar-refractivity contribution is 0.196. The first-order valence-electron chi connectivity index (χ1n) is 4.93. The predicted molar refractivity (Wildman–Crippen MR) is 50.0 cm³/mol. The van der Waals surface area contributed by atoms with Gasteiger partial charge >= 0.3 is 0 Å². The van der Waals surface area contributed by atoms with E-state index in [-0.39, 0.29) is 6.67 Å². The molecule has 0 heterocycles. The van der Waals surface area contributed by atoms with Crippen molar-refractivity contribution in [1.82, 2.24) is 5.32 Å². The van der Waals surface area contributed by atoms with Gasteiger partial charge in [0.1, 0.15) is 6.67 Å². The van der Waals surface area contributed by atoms with Gasteiger partial charge in [0.25, 0.3) is 0 Å². The molecule has 0 amide bonds. The first-order chi connectivity index (χ1) is 5.64. The van der Waals surface area contributed by atoms with E-state index in [9.17, 15) is 4.39 Å². The summed E-state index contributed by atoms with van der Waals surface area (Å²) in [5.74, 6) is 0. The van der Waals surface area contributed by atoms with Crippen molar-refractivity contribution < 1.29 is 4.39 Å². The van der Waals surface area contributed by atoms with Gasteiger partial charge in [-0.3, -0.25) is 0 Å². The van der Waals surface area contributed by atoms with Crippen molar-refractivity contribution in [1.29, 1.82) is 0 Å². The molecule has 1 fully saturated rings. The van der Waals surface area contributed by atoms with Gasteiger partial charge in [0, 0.05) is 12.6 Å². The molecule has 0 spiro atoms. The van der Waals surface area contributed by atoms with E-state index in [2.05, 4.69) is 19.2 Å². The zero-order valence-electron chi connectivity index (χ0n) is 8.20. The molecule has 1 aliphatic rings. The third kappa shape index (κ3) is 3.10. The van der Waals surface area contributed by atoms with Crippen LogP contribution in [0.4, 0.5) is 4.39 Å². The molecule has 1 rings (SSSR count). The number of alkyl halides is 1. The Bertz CT molecular complexity index is 134. The second-order valence-corrected chi connectivity index (χ2v) is 4.60. The molecule has 1 atom stereocenters. The Morgan fingerprint density at radius 2 is 2.25 bits per heavy atom. The van der Waals surface area contributed by atoms with Crippen LogP contribution in [0.1, 0.15) is 39.5 Å². The minimum absolute atomic E-state index is 0.239. The molecule has 1 nitrogen and oxygen atoms in total. The maximum absolute atomic E-state index is 11.9. The van der Waals surface area contributed by atoms with Gasteiger partial charge in [-0.1, -0.05) is 20.3 Å². The van der Waals surface area contributed by atoms with Crippen LogP contribution in [0.2, 0.25) is 0 Å². The number of nitrogens with one attached hydrogen (secondary N) is 1. The SMILES string of the molecule is CC1(C)CCCC(NCCF)C1. The zero-order valence-corrected chi connectivity index (χ0v) is 8.20. The van der Waals surface area contributed by atoms with Crippen LogP contribution in [-0.4, -0.2) is 19.3 Å². The van der Waals surface area contributed by atoms with Gasteiger partial charge in [-0.2, -0.15) is 0 Å². The van der Waals surface area contributed by atoms with Crippen molar-refractivity contribution >= 4 is 0 Å². The van der Waals surface area contributed by atoms with Gasteiger partial charge in [0.15, 0.2) is 0 Å². The fraction of sp³-hybridized carbons (Fsp3) is 1.00. The number of hydrogen-bond acceptors (Lipinski definition) is 1. The molecule has 1 unspecified atom stereocenters. The van der Waals surface area contributed by atoms with E-state index in [1.165, 1.54) is 25.7 Å². The number of hydrogen-bond donors (Lipinski definition) is 1. The summed E-state index contributed by atoms with van der Waals surface area (Å²) in [5.41, 5.74) is 0.465. The second-order valence-electron chi connectivity index (χ2n) is 4.60. The summed E-state index contributed by atoms with van der Waals surface area (Å²) in [6.07, 6.45) is 5.04. The van der Waals surface area contributed by atoms with E-state index in [1.807, 2.05) is 0 Å². The van der Waals surface area contributed by atoms with E-state index in [0.29, 0.717) is 18.0 Å². The van der Waals surface area contributed by atoms with Crippen molar-refractivity contribution in [2.45, 2.75) is 45.6 Å². The number of halogens is 1. The van der Waals surface area contributed by atoms with Crippen molar-refractivity contribution in [3.05, 3.63) is 0 Å². The molecule has 1 aliphatic carbocycles. The summed E-state index contributed by atoms with van der Waals surface area (Å²) in [7, 11) is 0. The van der Waals surface area contributed by atoms with E-state index in [0.717, 1.165) is 0 Å². The van der Waals surface area contributed by atoms with Gasteiger partial charge < -0.3 is 5.32 Å². The lowest BCUT2D eigenvalue weighted by atomic mass is 9.75. The Morgan fingerprint density at radius 3 is 2.83 bits per heavy atom. The Balaban J connectivity index is 2.26. The summed E-state index contributed by atoms with van der Waals surface area (Å²) in [4.78, 5) is 0. The summed E-state index contributed by atoms with van der Waals surface area (Å²) in [6.45, 7) is 4.89. The summed E-state index contributed by atoms with van der Waals surface area (Å²) >= 11 is 0. The van der Waals surface area contributed by atoms with Crippen molar-refractivity contribution in [2.75, 3.05) is 13.2 Å². The van der Waals surface area contributed by atoms with Crippen LogP contribution < -0.4 is 5.32 Å². The molecule has 72 valence electrons. The molecule has 1 saturated carbocycles. The minimum atomic E-state index is -0.239. The maximum atomic E-state index is 11.9. The van der Waals surface area contributed by atoms with Crippen LogP contribution >= 0.6 is 0 Å². The third-order valence-electron chi connectivity index (χ3n) is 2.73. The highest BCUT2D eigenvalue weighted by Crippen LogP contribution is 2.34. The Hall–Kier alpha value is -0.110. The molecule has 1 N–H and O–H groups in total. The summed E-state index contributed by atoms with van der Waals surface area (Å²) in [5, 5.41) is 3.25. The van der Waals surface area contributed by atoms with E-state index < -0.39 is 0 Å². The van der Waals surface area contributed by atoms with Gasteiger partial charge in [-0.25, -0.2) is 4.39 Å². The molecular formula is C10H20FN. The molecule has 0 radical (unpaired) electrons. The van der Waals surface area contributed by atoms with Crippen LogP contribution in [0.3, 0.4) is 0 Å². The molecule has 0 saturated heterocycles. The third-order valence-corrected chi connectivity index (χ3v) is 2.73. The standard InChI is InChI=1S/C10H20FN/c1-10(2)5-3-4-9(8-10)12-7-6-11/h9,12H,3-8H2,1-2H3. The smallest absolute Gasteiger partial charge is 0.102 e. The second kappa shape index (κ2) is 4.22. The van der Waals surface area contributed by atoms with Crippen LogP contribution in [0.15, 0.2) is 0 Å². The van der Waals surface area contributed by atoms with Crippen LogP contribution in [0, 0.1) is 5.41 Å². The first-order valence-corrected chi connectivity index (χ1v) is 4.93. The van der Waals surface area contributed by atoms with E-state index in [1.54, 1.807) is 0 Å². The highest BCUT2D eigenvalue weighted by Gasteiger charge is 2.27. The van der Waals surface area contributed by atoms with E-state index in [4.69, 9.17) is 0 Å². The quantitative estimate of drug-likeness (QED) is 0.691. The normalized spacial score (nSPS) is 28.8. The van der Waals surface area contributed by atoms with Crippen molar-refractivity contribution in [2.24, 2.45) is 5.41 Å². The lowest BCUT2D eigenvalue weighted by Gasteiger charge is -2.35. The van der Waals surface area contributed by atoms with Gasteiger partial charge in [-0.05, 0) is 24.7 Å². The fourth-order valence-electron chi connectivity index (χ4n) is 2.13. The largest absolute Gasteiger partial charge is 0.311 e. The van der Waals surface area contributed by atoms with Gasteiger partial charge in [-0.15, -0.1) is 0 Å². The average Bonchev–Trinajstić information content (AvgIpc) is 1.99. The molecular weight excluding hydrogens is 153 g/mol. The van der Waals surface area contributed by atoms with Gasteiger partial charge in [0.2, 0.25) is 0 Å². The Labute approximate surface area is 74.7 Å². The van der Waals surface area contributed by atoms with Crippen LogP contribution in [-0.2, 0) is 0 Å². The molecule has 12 heavy (non-hydrogen) atoms. The molecule has 0 aromatic heterocycles. The molecule has 0 aromatic carbocycles.